The SMILES string of the molecule is CC(=O)N1CCn2c(-c3cnn(C)c3)cnc2C12CCN(Cc1ccoc1)CC2. The summed E-state index contributed by atoms with van der Waals surface area (Å²) in [7, 11) is 1.92. The Morgan fingerprint density at radius 2 is 2.03 bits per heavy atom. The Morgan fingerprint density at radius 3 is 2.69 bits per heavy atom. The number of furan rings is 1. The first-order chi connectivity index (χ1) is 14.1. The highest BCUT2D eigenvalue weighted by atomic mass is 16.3. The minimum Gasteiger partial charge on any atom is -0.472 e. The number of piperidine rings is 1. The normalized spacial score (nSPS) is 18.9. The van der Waals surface area contributed by atoms with Crippen molar-refractivity contribution in [3.05, 3.63) is 48.6 Å². The Hall–Kier alpha value is -2.87. The van der Waals surface area contributed by atoms with Crippen molar-refractivity contribution in [3.8, 4) is 11.3 Å². The summed E-state index contributed by atoms with van der Waals surface area (Å²) in [5.41, 5.74) is 3.00. The lowest BCUT2D eigenvalue weighted by atomic mass is 9.83. The zero-order valence-corrected chi connectivity index (χ0v) is 16.9. The summed E-state index contributed by atoms with van der Waals surface area (Å²) in [6, 6.07) is 2.01. The molecule has 5 heterocycles. The first-order valence-corrected chi connectivity index (χ1v) is 10.1. The number of carbonyl (C=O) groups is 1. The predicted octanol–water partition coefficient (Wildman–Crippen LogP) is 2.23. The van der Waals surface area contributed by atoms with Gasteiger partial charge in [0.25, 0.3) is 0 Å². The van der Waals surface area contributed by atoms with Gasteiger partial charge in [0.05, 0.1) is 30.6 Å². The summed E-state index contributed by atoms with van der Waals surface area (Å²) in [5.74, 6) is 1.14. The van der Waals surface area contributed by atoms with Crippen LogP contribution in [0.5, 0.6) is 0 Å². The van der Waals surface area contributed by atoms with Crippen LogP contribution in [0.2, 0.25) is 0 Å². The van der Waals surface area contributed by atoms with Crippen LogP contribution in [0.25, 0.3) is 11.3 Å². The molecule has 0 bridgehead atoms. The number of rotatable bonds is 3. The molecule has 2 aliphatic heterocycles. The van der Waals surface area contributed by atoms with Crippen molar-refractivity contribution in [3.63, 3.8) is 0 Å². The minimum absolute atomic E-state index is 0.130. The second-order valence-electron chi connectivity index (χ2n) is 8.13. The Kier molecular flexibility index (Phi) is 4.31. The van der Waals surface area contributed by atoms with Gasteiger partial charge in [-0.25, -0.2) is 4.98 Å². The van der Waals surface area contributed by atoms with Crippen LogP contribution < -0.4 is 0 Å². The molecule has 29 heavy (non-hydrogen) atoms. The number of amides is 1. The molecular formula is C21H26N6O2. The van der Waals surface area contributed by atoms with Gasteiger partial charge in [0.15, 0.2) is 0 Å². The van der Waals surface area contributed by atoms with Crippen molar-refractivity contribution in [2.75, 3.05) is 19.6 Å². The second kappa shape index (κ2) is 6.88. The molecule has 0 aromatic carbocycles. The quantitative estimate of drug-likeness (QED) is 0.681. The van der Waals surface area contributed by atoms with E-state index in [1.807, 2.05) is 36.4 Å². The molecule has 152 valence electrons. The van der Waals surface area contributed by atoms with Crippen LogP contribution in [0.4, 0.5) is 0 Å². The van der Waals surface area contributed by atoms with E-state index in [0.29, 0.717) is 6.54 Å². The van der Waals surface area contributed by atoms with E-state index in [1.165, 1.54) is 5.56 Å². The number of hydrogen-bond acceptors (Lipinski definition) is 5. The van der Waals surface area contributed by atoms with E-state index in [9.17, 15) is 4.79 Å². The van der Waals surface area contributed by atoms with Gasteiger partial charge >= 0.3 is 0 Å². The molecule has 5 rings (SSSR count). The van der Waals surface area contributed by atoms with Crippen LogP contribution in [-0.4, -0.2) is 54.7 Å². The van der Waals surface area contributed by atoms with E-state index in [0.717, 1.165) is 56.1 Å². The number of imidazole rings is 1. The topological polar surface area (TPSA) is 72.3 Å². The molecule has 3 aromatic heterocycles. The number of carbonyl (C=O) groups excluding carboxylic acids is 1. The molecule has 1 amide bonds. The number of likely N-dealkylation sites (tertiary alicyclic amines) is 1. The molecular weight excluding hydrogens is 368 g/mol. The Morgan fingerprint density at radius 1 is 1.21 bits per heavy atom. The zero-order valence-electron chi connectivity index (χ0n) is 16.9. The maximum absolute atomic E-state index is 12.5. The fraction of sp³-hybridized carbons (Fsp3) is 0.476. The molecule has 1 fully saturated rings. The van der Waals surface area contributed by atoms with E-state index in [1.54, 1.807) is 19.5 Å². The van der Waals surface area contributed by atoms with Gasteiger partial charge in [-0.15, -0.1) is 0 Å². The van der Waals surface area contributed by atoms with Crippen molar-refractivity contribution in [1.82, 2.24) is 29.1 Å². The third kappa shape index (κ3) is 2.98. The van der Waals surface area contributed by atoms with E-state index in [4.69, 9.17) is 9.40 Å². The lowest BCUT2D eigenvalue weighted by molar-refractivity contribution is -0.141. The van der Waals surface area contributed by atoms with Gasteiger partial charge in [-0.2, -0.15) is 5.10 Å². The van der Waals surface area contributed by atoms with Crippen molar-refractivity contribution in [1.29, 1.82) is 0 Å². The summed E-state index contributed by atoms with van der Waals surface area (Å²) in [5, 5.41) is 4.31. The first kappa shape index (κ1) is 18.2. The molecule has 0 aliphatic carbocycles. The Balaban J connectivity index is 1.46. The number of fused-ring (bicyclic) bond motifs is 2. The van der Waals surface area contributed by atoms with E-state index >= 15 is 0 Å². The molecule has 0 atom stereocenters. The Bertz CT molecular complexity index is 1010. The molecule has 0 radical (unpaired) electrons. The van der Waals surface area contributed by atoms with Crippen molar-refractivity contribution in [2.45, 2.75) is 38.4 Å². The fourth-order valence-corrected chi connectivity index (χ4v) is 4.97. The highest BCUT2D eigenvalue weighted by Gasteiger charge is 2.48. The predicted molar refractivity (Wildman–Crippen MR) is 107 cm³/mol. The largest absolute Gasteiger partial charge is 0.472 e. The average molecular weight is 394 g/mol. The van der Waals surface area contributed by atoms with Gasteiger partial charge in [0, 0.05) is 64.0 Å². The molecule has 8 nitrogen and oxygen atoms in total. The summed E-state index contributed by atoms with van der Waals surface area (Å²) in [4.78, 5) is 21.9. The highest BCUT2D eigenvalue weighted by molar-refractivity contribution is 5.75. The molecule has 0 N–H and O–H groups in total. The van der Waals surface area contributed by atoms with Gasteiger partial charge in [-0.3, -0.25) is 14.4 Å². The Labute approximate surface area is 169 Å². The lowest BCUT2D eigenvalue weighted by Crippen LogP contribution is -2.59. The van der Waals surface area contributed by atoms with E-state index in [-0.39, 0.29) is 11.4 Å². The second-order valence-corrected chi connectivity index (χ2v) is 8.13. The molecule has 1 saturated heterocycles. The maximum Gasteiger partial charge on any atom is 0.220 e. The van der Waals surface area contributed by atoms with Crippen molar-refractivity contribution in [2.24, 2.45) is 7.05 Å². The summed E-state index contributed by atoms with van der Waals surface area (Å²) >= 11 is 0. The van der Waals surface area contributed by atoms with Crippen LogP contribution in [0, 0.1) is 0 Å². The van der Waals surface area contributed by atoms with Crippen LogP contribution in [-0.2, 0) is 30.5 Å². The number of hydrogen-bond donors (Lipinski definition) is 0. The summed E-state index contributed by atoms with van der Waals surface area (Å²) in [6.07, 6.45) is 11.1. The third-order valence-corrected chi connectivity index (χ3v) is 6.39. The lowest BCUT2D eigenvalue weighted by Gasteiger charge is -2.50. The molecule has 2 aliphatic rings. The number of aryl methyl sites for hydroxylation is 1. The number of nitrogens with zero attached hydrogens (tertiary/aromatic N) is 6. The average Bonchev–Trinajstić information content (AvgIpc) is 3.44. The van der Waals surface area contributed by atoms with Gasteiger partial charge < -0.3 is 13.9 Å². The molecule has 0 saturated carbocycles. The fourth-order valence-electron chi connectivity index (χ4n) is 4.97. The zero-order chi connectivity index (χ0) is 20.0. The molecule has 1 spiro atoms. The monoisotopic (exact) mass is 394 g/mol. The highest BCUT2D eigenvalue weighted by Crippen LogP contribution is 2.42. The minimum atomic E-state index is -0.336. The molecule has 0 unspecified atom stereocenters. The van der Waals surface area contributed by atoms with Gasteiger partial charge in [-0.1, -0.05) is 0 Å². The van der Waals surface area contributed by atoms with Gasteiger partial charge in [-0.05, 0) is 18.9 Å². The van der Waals surface area contributed by atoms with E-state index in [2.05, 4.69) is 19.5 Å². The summed E-state index contributed by atoms with van der Waals surface area (Å²) in [6.45, 7) is 5.88. The third-order valence-electron chi connectivity index (χ3n) is 6.39. The molecule has 8 heteroatoms. The number of aromatic nitrogens is 4. The van der Waals surface area contributed by atoms with Crippen molar-refractivity contribution < 1.29 is 9.21 Å². The maximum atomic E-state index is 12.5. The summed E-state index contributed by atoms with van der Waals surface area (Å²) < 4.78 is 9.31. The van der Waals surface area contributed by atoms with Crippen LogP contribution >= 0.6 is 0 Å². The smallest absolute Gasteiger partial charge is 0.220 e. The van der Waals surface area contributed by atoms with Gasteiger partial charge in [0.1, 0.15) is 11.4 Å². The van der Waals surface area contributed by atoms with Crippen LogP contribution in [0.15, 0.2) is 41.6 Å². The van der Waals surface area contributed by atoms with Crippen molar-refractivity contribution >= 4 is 5.91 Å². The molecule has 3 aromatic rings. The first-order valence-electron chi connectivity index (χ1n) is 10.1. The van der Waals surface area contributed by atoms with Crippen LogP contribution in [0.1, 0.15) is 31.2 Å². The van der Waals surface area contributed by atoms with E-state index < -0.39 is 0 Å². The standard InChI is InChI=1S/C21H26N6O2/c1-16(28)27-9-8-26-19(18-11-23-24(2)14-18)12-22-20(26)21(27)4-6-25(7-5-21)13-17-3-10-29-15-17/h3,10-12,14-15H,4-9,13H2,1-2H3. The van der Waals surface area contributed by atoms with Crippen LogP contribution in [0.3, 0.4) is 0 Å². The van der Waals surface area contributed by atoms with Gasteiger partial charge in [0.2, 0.25) is 5.91 Å².